The van der Waals surface area contributed by atoms with E-state index < -0.39 is 0 Å². The van der Waals surface area contributed by atoms with Gasteiger partial charge in [-0.1, -0.05) is 30.3 Å². The fourth-order valence-electron chi connectivity index (χ4n) is 2.89. The molecule has 17 heavy (non-hydrogen) atoms. The van der Waals surface area contributed by atoms with Crippen molar-refractivity contribution in [2.45, 2.75) is 44.7 Å². The van der Waals surface area contributed by atoms with E-state index in [4.69, 9.17) is 5.73 Å². The molecule has 2 unspecified atom stereocenters. The second-order valence-corrected chi connectivity index (χ2v) is 5.14. The number of hydrogen-bond acceptors (Lipinski definition) is 2. The first-order valence-electron chi connectivity index (χ1n) is 6.81. The van der Waals surface area contributed by atoms with Crippen LogP contribution >= 0.6 is 0 Å². The molecule has 94 valence electrons. The first-order valence-corrected chi connectivity index (χ1v) is 6.81. The van der Waals surface area contributed by atoms with Crippen molar-refractivity contribution >= 4 is 0 Å². The fourth-order valence-corrected chi connectivity index (χ4v) is 2.89. The van der Waals surface area contributed by atoms with Crippen molar-refractivity contribution in [2.24, 2.45) is 5.73 Å². The van der Waals surface area contributed by atoms with E-state index >= 15 is 0 Å². The molecule has 2 nitrogen and oxygen atoms in total. The van der Waals surface area contributed by atoms with Crippen LogP contribution < -0.4 is 5.73 Å². The molecular formula is C15H24N2. The van der Waals surface area contributed by atoms with E-state index in [2.05, 4.69) is 42.2 Å². The Morgan fingerprint density at radius 3 is 2.71 bits per heavy atom. The predicted molar refractivity (Wildman–Crippen MR) is 73.0 cm³/mol. The quantitative estimate of drug-likeness (QED) is 0.845. The molecule has 2 rings (SSSR count). The molecule has 1 aliphatic rings. The van der Waals surface area contributed by atoms with E-state index in [0.29, 0.717) is 6.04 Å². The third-order valence-corrected chi connectivity index (χ3v) is 3.95. The van der Waals surface area contributed by atoms with Crippen LogP contribution in [0, 0.1) is 0 Å². The lowest BCUT2D eigenvalue weighted by atomic mass is 10.0. The van der Waals surface area contributed by atoms with E-state index in [1.165, 1.54) is 31.4 Å². The Morgan fingerprint density at radius 2 is 2.12 bits per heavy atom. The molecule has 0 radical (unpaired) electrons. The molecule has 2 N–H and O–H groups in total. The standard InChI is InChI=1S/C15H24N2/c1-13-6-5-11-17(13)15(12-16)10-9-14-7-3-2-4-8-14/h2-4,7-8,13,15H,5-6,9-12,16H2,1H3. The van der Waals surface area contributed by atoms with Crippen molar-refractivity contribution in [3.8, 4) is 0 Å². The Kier molecular flexibility index (Phi) is 4.57. The molecule has 1 fully saturated rings. The molecule has 0 aliphatic carbocycles. The average Bonchev–Trinajstić information content (AvgIpc) is 2.78. The molecule has 1 aromatic carbocycles. The molecule has 0 saturated carbocycles. The molecule has 1 aliphatic heterocycles. The minimum absolute atomic E-state index is 0.563. The Labute approximate surface area is 105 Å². The second-order valence-electron chi connectivity index (χ2n) is 5.14. The van der Waals surface area contributed by atoms with Gasteiger partial charge in [0.2, 0.25) is 0 Å². The highest BCUT2D eigenvalue weighted by Gasteiger charge is 2.26. The summed E-state index contributed by atoms with van der Waals surface area (Å²) >= 11 is 0. The topological polar surface area (TPSA) is 29.3 Å². The van der Waals surface area contributed by atoms with E-state index in [-0.39, 0.29) is 0 Å². The lowest BCUT2D eigenvalue weighted by molar-refractivity contribution is 0.185. The van der Waals surface area contributed by atoms with Crippen molar-refractivity contribution in [3.63, 3.8) is 0 Å². The van der Waals surface area contributed by atoms with Crippen molar-refractivity contribution < 1.29 is 0 Å². The zero-order chi connectivity index (χ0) is 12.1. The minimum atomic E-state index is 0.563. The average molecular weight is 232 g/mol. The van der Waals surface area contributed by atoms with E-state index in [9.17, 15) is 0 Å². The summed E-state index contributed by atoms with van der Waals surface area (Å²) in [4.78, 5) is 2.60. The summed E-state index contributed by atoms with van der Waals surface area (Å²) in [6.07, 6.45) is 5.00. The lowest BCUT2D eigenvalue weighted by Gasteiger charge is -2.30. The molecule has 2 heteroatoms. The number of rotatable bonds is 5. The smallest absolute Gasteiger partial charge is 0.0224 e. The van der Waals surface area contributed by atoms with Gasteiger partial charge in [-0.2, -0.15) is 0 Å². The van der Waals surface area contributed by atoms with Gasteiger partial charge >= 0.3 is 0 Å². The normalized spacial score (nSPS) is 22.8. The lowest BCUT2D eigenvalue weighted by Crippen LogP contribution is -2.42. The van der Waals surface area contributed by atoms with Crippen LogP contribution in [0.4, 0.5) is 0 Å². The van der Waals surface area contributed by atoms with Gasteiger partial charge < -0.3 is 5.73 Å². The van der Waals surface area contributed by atoms with Crippen LogP contribution in [0.5, 0.6) is 0 Å². The third-order valence-electron chi connectivity index (χ3n) is 3.95. The van der Waals surface area contributed by atoms with Crippen LogP contribution in [0.1, 0.15) is 31.7 Å². The van der Waals surface area contributed by atoms with Crippen LogP contribution in [-0.4, -0.2) is 30.1 Å². The Balaban J connectivity index is 1.87. The molecule has 0 spiro atoms. The van der Waals surface area contributed by atoms with Gasteiger partial charge in [-0.25, -0.2) is 0 Å². The van der Waals surface area contributed by atoms with E-state index in [1.54, 1.807) is 0 Å². The number of aryl methyl sites for hydroxylation is 1. The number of nitrogens with two attached hydrogens (primary N) is 1. The van der Waals surface area contributed by atoms with Crippen molar-refractivity contribution in [1.82, 2.24) is 4.90 Å². The third kappa shape index (κ3) is 3.30. The highest BCUT2D eigenvalue weighted by atomic mass is 15.2. The maximum absolute atomic E-state index is 5.94. The van der Waals surface area contributed by atoms with E-state index in [1.807, 2.05) is 0 Å². The van der Waals surface area contributed by atoms with Crippen LogP contribution in [0.2, 0.25) is 0 Å². The predicted octanol–water partition coefficient (Wildman–Crippen LogP) is 2.43. The van der Waals surface area contributed by atoms with Crippen molar-refractivity contribution in [3.05, 3.63) is 35.9 Å². The van der Waals surface area contributed by atoms with Gasteiger partial charge in [0.1, 0.15) is 0 Å². The Morgan fingerprint density at radius 1 is 1.35 bits per heavy atom. The van der Waals surface area contributed by atoms with Gasteiger partial charge in [0.25, 0.3) is 0 Å². The summed E-state index contributed by atoms with van der Waals surface area (Å²) < 4.78 is 0. The number of likely N-dealkylation sites (tertiary alicyclic amines) is 1. The van der Waals surface area contributed by atoms with Gasteiger partial charge in [0.05, 0.1) is 0 Å². The van der Waals surface area contributed by atoms with Crippen LogP contribution in [0.15, 0.2) is 30.3 Å². The molecular weight excluding hydrogens is 208 g/mol. The second kappa shape index (κ2) is 6.18. The summed E-state index contributed by atoms with van der Waals surface area (Å²) in [5, 5.41) is 0. The van der Waals surface area contributed by atoms with Gasteiger partial charge in [-0.15, -0.1) is 0 Å². The van der Waals surface area contributed by atoms with Gasteiger partial charge in [-0.3, -0.25) is 4.90 Å². The largest absolute Gasteiger partial charge is 0.329 e. The van der Waals surface area contributed by atoms with Gasteiger partial charge in [0, 0.05) is 18.6 Å². The van der Waals surface area contributed by atoms with Crippen LogP contribution in [0.3, 0.4) is 0 Å². The van der Waals surface area contributed by atoms with E-state index in [0.717, 1.165) is 19.0 Å². The molecule has 0 aromatic heterocycles. The molecule has 0 amide bonds. The first kappa shape index (κ1) is 12.6. The SMILES string of the molecule is CC1CCCN1C(CN)CCc1ccccc1. The maximum Gasteiger partial charge on any atom is 0.0224 e. The summed E-state index contributed by atoms with van der Waals surface area (Å²) in [6, 6.07) is 12.0. The minimum Gasteiger partial charge on any atom is -0.329 e. The zero-order valence-electron chi connectivity index (χ0n) is 10.8. The van der Waals surface area contributed by atoms with Gasteiger partial charge in [-0.05, 0) is 44.7 Å². The number of nitrogens with zero attached hydrogens (tertiary/aromatic N) is 1. The summed E-state index contributed by atoms with van der Waals surface area (Å²) in [7, 11) is 0. The van der Waals surface area contributed by atoms with Crippen LogP contribution in [0.25, 0.3) is 0 Å². The molecule has 1 heterocycles. The summed E-state index contributed by atoms with van der Waals surface area (Å²) in [6.45, 7) is 4.35. The summed E-state index contributed by atoms with van der Waals surface area (Å²) in [5.74, 6) is 0. The van der Waals surface area contributed by atoms with Gasteiger partial charge in [0.15, 0.2) is 0 Å². The fraction of sp³-hybridized carbons (Fsp3) is 0.600. The van der Waals surface area contributed by atoms with Crippen molar-refractivity contribution in [1.29, 1.82) is 0 Å². The number of benzene rings is 1. The number of hydrogen-bond donors (Lipinski definition) is 1. The zero-order valence-corrected chi connectivity index (χ0v) is 10.8. The first-order chi connectivity index (χ1) is 8.31. The van der Waals surface area contributed by atoms with Crippen LogP contribution in [-0.2, 0) is 6.42 Å². The Bertz CT molecular complexity index is 323. The molecule has 2 atom stereocenters. The monoisotopic (exact) mass is 232 g/mol. The molecule has 1 saturated heterocycles. The maximum atomic E-state index is 5.94. The Hall–Kier alpha value is -0.860. The highest BCUT2D eigenvalue weighted by Crippen LogP contribution is 2.21. The molecule has 0 bridgehead atoms. The van der Waals surface area contributed by atoms with Crippen molar-refractivity contribution in [2.75, 3.05) is 13.1 Å². The summed E-state index contributed by atoms with van der Waals surface area (Å²) in [5.41, 5.74) is 7.37. The highest BCUT2D eigenvalue weighted by molar-refractivity contribution is 5.14. The molecule has 1 aromatic rings.